The highest BCUT2D eigenvalue weighted by Crippen LogP contribution is 2.46. The number of nitrogens with zero attached hydrogens (tertiary/aromatic N) is 3. The van der Waals surface area contributed by atoms with Crippen molar-refractivity contribution in [2.45, 2.75) is 40.8 Å². The highest BCUT2D eigenvalue weighted by atomic mass is 19.4. The normalized spacial score (nSPS) is 11.8. The van der Waals surface area contributed by atoms with Crippen LogP contribution in [0.4, 0.5) is 13.2 Å². The number of benzene rings is 11. The van der Waals surface area contributed by atoms with Gasteiger partial charge in [0.2, 0.25) is 0 Å². The monoisotopic (exact) mass is 1030 g/mol. The number of alkyl halides is 3. The summed E-state index contributed by atoms with van der Waals surface area (Å²) in [7, 11) is 0. The number of aromatic nitrogens is 2. The molecule has 0 saturated heterocycles. The van der Waals surface area contributed by atoms with Gasteiger partial charge in [-0.3, -0.25) is 0 Å². The standard InChI is InChI=1S/C73H52F3N3/c1-44-10-6-14-50(30-44)54-19-26-68-64(38-54)65-39-55(51-15-7-11-45(2)31-51)20-27-69(65)78(68)60-23-24-61(58-34-48(5)35-59(37-58)73(74,75)76)62(42-60)63-36-49(43-77)18-25-70(63)79-71-28-21-56(52-16-8-12-46(3)32-52)40-66(71)67-41-57(22-29-72(67)79)53-17-9-13-47(4)33-53/h6-42H,1-5H3. The molecule has 0 spiro atoms. The molecular weight excluding hydrogens is 976 g/mol. The Bertz CT molecular complexity index is 4470. The third-order valence-electron chi connectivity index (χ3n) is 15.6. The predicted octanol–water partition coefficient (Wildman–Crippen LogP) is 20.3. The average Bonchev–Trinajstić information content (AvgIpc) is 4.04. The third-order valence-corrected chi connectivity index (χ3v) is 15.6. The van der Waals surface area contributed by atoms with E-state index >= 15 is 0 Å². The van der Waals surface area contributed by atoms with Gasteiger partial charge in [-0.15, -0.1) is 0 Å². The number of nitriles is 1. The van der Waals surface area contributed by atoms with Gasteiger partial charge in [0.25, 0.3) is 0 Å². The fraction of sp³-hybridized carbons (Fsp3) is 0.0822. The molecule has 13 aromatic rings. The van der Waals surface area contributed by atoms with Crippen LogP contribution in [0.15, 0.2) is 224 Å². The molecule has 13 rings (SSSR count). The first-order valence-electron chi connectivity index (χ1n) is 26.6. The van der Waals surface area contributed by atoms with E-state index in [1.807, 2.05) is 36.4 Å². The van der Waals surface area contributed by atoms with Gasteiger partial charge in [0.15, 0.2) is 0 Å². The van der Waals surface area contributed by atoms with E-state index in [1.165, 1.54) is 23.3 Å². The minimum Gasteiger partial charge on any atom is -0.309 e. The van der Waals surface area contributed by atoms with Crippen LogP contribution in [-0.4, -0.2) is 9.13 Å². The van der Waals surface area contributed by atoms with E-state index in [1.54, 1.807) is 6.92 Å². The molecule has 0 saturated carbocycles. The molecule has 0 amide bonds. The van der Waals surface area contributed by atoms with Gasteiger partial charge in [-0.25, -0.2) is 0 Å². The largest absolute Gasteiger partial charge is 0.416 e. The quantitative estimate of drug-likeness (QED) is 0.149. The summed E-state index contributed by atoms with van der Waals surface area (Å²) in [6, 6.07) is 79.0. The smallest absolute Gasteiger partial charge is 0.309 e. The van der Waals surface area contributed by atoms with E-state index in [0.717, 1.165) is 111 Å². The first-order chi connectivity index (χ1) is 38.2. The molecule has 2 aromatic heterocycles. The highest BCUT2D eigenvalue weighted by molar-refractivity contribution is 6.14. The lowest BCUT2D eigenvalue weighted by atomic mass is 9.90. The van der Waals surface area contributed by atoms with Crippen LogP contribution in [0.5, 0.6) is 0 Å². The molecule has 0 atom stereocenters. The molecule has 0 aliphatic carbocycles. The van der Waals surface area contributed by atoms with Gasteiger partial charge in [0.1, 0.15) is 0 Å². The number of fused-ring (bicyclic) bond motifs is 6. The molecular formula is C73H52F3N3. The summed E-state index contributed by atoms with van der Waals surface area (Å²) in [5.41, 5.74) is 21.5. The fourth-order valence-corrected chi connectivity index (χ4v) is 11.9. The highest BCUT2D eigenvalue weighted by Gasteiger charge is 2.32. The van der Waals surface area contributed by atoms with Crippen LogP contribution in [0.3, 0.4) is 0 Å². The summed E-state index contributed by atoms with van der Waals surface area (Å²) < 4.78 is 49.1. The molecule has 0 unspecified atom stereocenters. The van der Waals surface area contributed by atoms with Crippen molar-refractivity contribution >= 4 is 43.6 Å². The van der Waals surface area contributed by atoms with Gasteiger partial charge in [-0.05, 0) is 192 Å². The van der Waals surface area contributed by atoms with Gasteiger partial charge in [-0.1, -0.05) is 156 Å². The van der Waals surface area contributed by atoms with E-state index < -0.39 is 11.7 Å². The average molecular weight is 1030 g/mol. The zero-order chi connectivity index (χ0) is 54.3. The molecule has 11 aromatic carbocycles. The zero-order valence-electron chi connectivity index (χ0n) is 44.3. The second-order valence-electron chi connectivity index (χ2n) is 21.2. The maximum absolute atomic E-state index is 14.9. The molecule has 3 nitrogen and oxygen atoms in total. The molecule has 0 N–H and O–H groups in total. The van der Waals surface area contributed by atoms with Crippen molar-refractivity contribution in [3.63, 3.8) is 0 Å². The van der Waals surface area contributed by atoms with Gasteiger partial charge in [0.05, 0.1) is 45.0 Å². The Balaban J connectivity index is 1.10. The van der Waals surface area contributed by atoms with Crippen molar-refractivity contribution in [1.29, 1.82) is 5.26 Å². The Hall–Kier alpha value is -9.70. The second kappa shape index (κ2) is 19.1. The maximum Gasteiger partial charge on any atom is 0.416 e. The molecule has 0 radical (unpaired) electrons. The van der Waals surface area contributed by atoms with E-state index in [0.29, 0.717) is 33.4 Å². The SMILES string of the molecule is Cc1cccc(-c2ccc3c(c2)c2cc(-c4cccc(C)c4)ccc2n3-c2ccc(-c3cc(C)cc(C(F)(F)F)c3)c(-c3cc(C#N)ccc3-n3c4ccc(-c5cccc(C)c5)cc4c4cc(-c5cccc(C)c5)ccc43)c2)c1. The lowest BCUT2D eigenvalue weighted by Gasteiger charge is -2.20. The lowest BCUT2D eigenvalue weighted by Crippen LogP contribution is -2.06. The van der Waals surface area contributed by atoms with Crippen LogP contribution in [0.2, 0.25) is 0 Å². The van der Waals surface area contributed by atoms with Crippen molar-refractivity contribution in [2.24, 2.45) is 0 Å². The summed E-state index contributed by atoms with van der Waals surface area (Å²) in [5, 5.41) is 15.0. The number of hydrogen-bond acceptors (Lipinski definition) is 1. The number of aryl methyl sites for hydroxylation is 5. The van der Waals surface area contributed by atoms with E-state index in [9.17, 15) is 18.4 Å². The van der Waals surface area contributed by atoms with Crippen LogP contribution in [0.1, 0.15) is 38.9 Å². The van der Waals surface area contributed by atoms with Crippen LogP contribution >= 0.6 is 0 Å². The molecule has 380 valence electrons. The van der Waals surface area contributed by atoms with E-state index in [2.05, 4.69) is 219 Å². The summed E-state index contributed by atoms with van der Waals surface area (Å²) >= 11 is 0. The molecule has 0 aliphatic heterocycles. The lowest BCUT2D eigenvalue weighted by molar-refractivity contribution is -0.137. The zero-order valence-corrected chi connectivity index (χ0v) is 44.3. The molecule has 2 heterocycles. The molecule has 0 aliphatic rings. The first-order valence-corrected chi connectivity index (χ1v) is 26.6. The van der Waals surface area contributed by atoms with Gasteiger partial charge < -0.3 is 9.13 Å². The Morgan fingerprint density at radius 3 is 1.14 bits per heavy atom. The Morgan fingerprint density at radius 2 is 0.734 bits per heavy atom. The van der Waals surface area contributed by atoms with Gasteiger partial charge in [-0.2, -0.15) is 18.4 Å². The van der Waals surface area contributed by atoms with Gasteiger partial charge in [0, 0.05) is 32.8 Å². The minimum absolute atomic E-state index is 0.419. The maximum atomic E-state index is 14.9. The van der Waals surface area contributed by atoms with Crippen molar-refractivity contribution in [1.82, 2.24) is 9.13 Å². The molecule has 0 bridgehead atoms. The van der Waals surface area contributed by atoms with Crippen molar-refractivity contribution in [3.8, 4) is 84.2 Å². The first kappa shape index (κ1) is 48.9. The predicted molar refractivity (Wildman–Crippen MR) is 321 cm³/mol. The summed E-state index contributed by atoms with van der Waals surface area (Å²) in [6.07, 6.45) is -4.58. The number of halogens is 3. The molecule has 6 heteroatoms. The van der Waals surface area contributed by atoms with E-state index in [-0.39, 0.29) is 0 Å². The second-order valence-corrected chi connectivity index (χ2v) is 21.2. The van der Waals surface area contributed by atoms with E-state index in [4.69, 9.17) is 0 Å². The molecule has 79 heavy (non-hydrogen) atoms. The Labute approximate surface area is 457 Å². The topological polar surface area (TPSA) is 33.6 Å². The van der Waals surface area contributed by atoms with Gasteiger partial charge >= 0.3 is 6.18 Å². The number of hydrogen-bond donors (Lipinski definition) is 0. The third kappa shape index (κ3) is 8.84. The number of rotatable bonds is 8. The summed E-state index contributed by atoms with van der Waals surface area (Å²) in [6.45, 7) is 10.1. The van der Waals surface area contributed by atoms with Crippen LogP contribution in [0.25, 0.3) is 122 Å². The fourth-order valence-electron chi connectivity index (χ4n) is 11.9. The van der Waals surface area contributed by atoms with Crippen LogP contribution in [-0.2, 0) is 6.18 Å². The van der Waals surface area contributed by atoms with Crippen molar-refractivity contribution in [2.75, 3.05) is 0 Å². The van der Waals surface area contributed by atoms with Crippen molar-refractivity contribution in [3.05, 3.63) is 263 Å². The minimum atomic E-state index is -4.58. The Morgan fingerprint density at radius 1 is 0.329 bits per heavy atom. The summed E-state index contributed by atoms with van der Waals surface area (Å²) in [5.74, 6) is 0. The Kier molecular flexibility index (Phi) is 11.8. The van der Waals surface area contributed by atoms with Crippen LogP contribution < -0.4 is 0 Å². The van der Waals surface area contributed by atoms with Crippen molar-refractivity contribution < 1.29 is 13.2 Å². The molecule has 0 fully saturated rings. The summed E-state index contributed by atoms with van der Waals surface area (Å²) in [4.78, 5) is 0. The van der Waals surface area contributed by atoms with Crippen LogP contribution in [0, 0.1) is 45.9 Å².